The molecule has 1 aromatic rings. The molecule has 1 aromatic carbocycles. The summed E-state index contributed by atoms with van der Waals surface area (Å²) in [4.78, 5) is 8.90. The molecule has 122 valence electrons. The highest BCUT2D eigenvalue weighted by molar-refractivity contribution is 5.73. The second-order valence-corrected chi connectivity index (χ2v) is 6.09. The first-order valence-electron chi connectivity index (χ1n) is 7.38. The molecule has 1 aliphatic carbocycles. The van der Waals surface area contributed by atoms with E-state index in [1.807, 2.05) is 0 Å². The fraction of sp³-hybridized carbons (Fsp3) is 0.562. The van der Waals surface area contributed by atoms with Gasteiger partial charge in [0.1, 0.15) is 0 Å². The van der Waals surface area contributed by atoms with Crippen molar-refractivity contribution in [2.24, 2.45) is 5.41 Å². The number of hydrogen-bond donors (Lipinski definition) is 2. The summed E-state index contributed by atoms with van der Waals surface area (Å²) in [6, 6.07) is 11.0. The van der Waals surface area contributed by atoms with Gasteiger partial charge in [-0.15, -0.1) is 0 Å². The Hall–Kier alpha value is -1.56. The molecule has 3 nitrogen and oxygen atoms in total. The third-order valence-electron chi connectivity index (χ3n) is 4.56. The van der Waals surface area contributed by atoms with Crippen molar-refractivity contribution in [3.8, 4) is 0 Å². The van der Waals surface area contributed by atoms with Crippen LogP contribution in [0, 0.1) is 5.41 Å². The lowest BCUT2D eigenvalue weighted by Gasteiger charge is -2.47. The molecular formula is C16H20F3NO2. The summed E-state index contributed by atoms with van der Waals surface area (Å²) < 4.78 is 31.7. The zero-order chi connectivity index (χ0) is 16.2. The van der Waals surface area contributed by atoms with Gasteiger partial charge in [0, 0.05) is 13.1 Å². The number of nitrogens with one attached hydrogen (secondary N) is 1. The minimum Gasteiger partial charge on any atom is -0.475 e. The monoisotopic (exact) mass is 315 g/mol. The Morgan fingerprint density at radius 2 is 1.64 bits per heavy atom. The van der Waals surface area contributed by atoms with Gasteiger partial charge < -0.3 is 10.4 Å². The maximum Gasteiger partial charge on any atom is 0.490 e. The van der Waals surface area contributed by atoms with E-state index in [1.165, 1.54) is 38.8 Å². The third kappa shape index (κ3) is 4.22. The maximum atomic E-state index is 10.6. The van der Waals surface area contributed by atoms with E-state index in [4.69, 9.17) is 9.90 Å². The predicted octanol–water partition coefficient (Wildman–Crippen LogP) is 3.57. The largest absolute Gasteiger partial charge is 0.490 e. The fourth-order valence-corrected chi connectivity index (χ4v) is 3.12. The van der Waals surface area contributed by atoms with Crippen LogP contribution in [0.2, 0.25) is 0 Å². The lowest BCUT2D eigenvalue weighted by atomic mass is 9.66. The Morgan fingerprint density at radius 3 is 2.00 bits per heavy atom. The molecule has 0 atom stereocenters. The molecule has 1 aliphatic heterocycles. The summed E-state index contributed by atoms with van der Waals surface area (Å²) in [6.45, 7) is 2.54. The number of alkyl halides is 3. The standard InChI is InChI=1S/C14H19N.C2HF3O2/c1-2-4-12(5-3-1)13-6-8-14(9-7-13)10-15-11-14;3-2(4,5)1(6)7/h1-5,13,15H,6-11H2;(H,6,7). The van der Waals surface area contributed by atoms with Crippen molar-refractivity contribution in [2.45, 2.75) is 37.8 Å². The topological polar surface area (TPSA) is 49.3 Å². The third-order valence-corrected chi connectivity index (χ3v) is 4.56. The van der Waals surface area contributed by atoms with E-state index in [2.05, 4.69) is 35.6 Å². The highest BCUT2D eigenvalue weighted by Crippen LogP contribution is 2.44. The van der Waals surface area contributed by atoms with Crippen LogP contribution in [0.15, 0.2) is 30.3 Å². The van der Waals surface area contributed by atoms with Gasteiger partial charge in [-0.05, 0) is 42.6 Å². The Bertz CT molecular complexity index is 488. The van der Waals surface area contributed by atoms with E-state index in [0.717, 1.165) is 5.92 Å². The van der Waals surface area contributed by atoms with Crippen LogP contribution in [0.5, 0.6) is 0 Å². The number of hydrogen-bond acceptors (Lipinski definition) is 2. The Balaban J connectivity index is 0.000000217. The van der Waals surface area contributed by atoms with Crippen molar-refractivity contribution in [2.75, 3.05) is 13.1 Å². The Morgan fingerprint density at radius 1 is 1.14 bits per heavy atom. The molecule has 1 spiro atoms. The van der Waals surface area contributed by atoms with Gasteiger partial charge in [0.15, 0.2) is 0 Å². The molecule has 0 aromatic heterocycles. The van der Waals surface area contributed by atoms with Crippen LogP contribution in [0.3, 0.4) is 0 Å². The van der Waals surface area contributed by atoms with Crippen molar-refractivity contribution in [1.29, 1.82) is 0 Å². The van der Waals surface area contributed by atoms with E-state index < -0.39 is 12.1 Å². The number of carboxylic acid groups (broad SMARTS) is 1. The molecular weight excluding hydrogens is 295 g/mol. The fourth-order valence-electron chi connectivity index (χ4n) is 3.12. The second-order valence-electron chi connectivity index (χ2n) is 6.09. The lowest BCUT2D eigenvalue weighted by Crippen LogP contribution is -2.54. The highest BCUT2D eigenvalue weighted by Gasteiger charge is 2.40. The van der Waals surface area contributed by atoms with Crippen molar-refractivity contribution >= 4 is 5.97 Å². The Kier molecular flexibility index (Phi) is 5.11. The smallest absolute Gasteiger partial charge is 0.475 e. The average Bonchev–Trinajstić information content (AvgIpc) is 2.46. The van der Waals surface area contributed by atoms with E-state index >= 15 is 0 Å². The Labute approximate surface area is 127 Å². The molecule has 2 aliphatic rings. The van der Waals surface area contributed by atoms with Gasteiger partial charge in [-0.25, -0.2) is 4.79 Å². The predicted molar refractivity (Wildman–Crippen MR) is 76.6 cm³/mol. The molecule has 0 radical (unpaired) electrons. The highest BCUT2D eigenvalue weighted by atomic mass is 19.4. The van der Waals surface area contributed by atoms with Crippen molar-refractivity contribution < 1.29 is 23.1 Å². The van der Waals surface area contributed by atoms with E-state index in [0.29, 0.717) is 5.41 Å². The molecule has 3 rings (SSSR count). The number of rotatable bonds is 1. The molecule has 22 heavy (non-hydrogen) atoms. The summed E-state index contributed by atoms with van der Waals surface area (Å²) in [7, 11) is 0. The van der Waals surface area contributed by atoms with Gasteiger partial charge in [-0.2, -0.15) is 13.2 Å². The van der Waals surface area contributed by atoms with Crippen LogP contribution < -0.4 is 5.32 Å². The van der Waals surface area contributed by atoms with Crippen molar-refractivity contribution in [3.63, 3.8) is 0 Å². The van der Waals surface area contributed by atoms with Gasteiger partial charge in [0.25, 0.3) is 0 Å². The van der Waals surface area contributed by atoms with Gasteiger partial charge >= 0.3 is 12.1 Å². The van der Waals surface area contributed by atoms with Gasteiger partial charge in [0.05, 0.1) is 0 Å². The minimum atomic E-state index is -5.08. The zero-order valence-corrected chi connectivity index (χ0v) is 12.2. The summed E-state index contributed by atoms with van der Waals surface area (Å²) >= 11 is 0. The van der Waals surface area contributed by atoms with E-state index in [1.54, 1.807) is 5.56 Å². The maximum absolute atomic E-state index is 10.6. The SMILES string of the molecule is O=C(O)C(F)(F)F.c1ccc(C2CCC3(CC2)CNC3)cc1. The zero-order valence-electron chi connectivity index (χ0n) is 12.2. The minimum absolute atomic E-state index is 0.700. The normalized spacial score (nSPS) is 20.7. The van der Waals surface area contributed by atoms with Gasteiger partial charge in [-0.3, -0.25) is 0 Å². The van der Waals surface area contributed by atoms with Crippen molar-refractivity contribution in [1.82, 2.24) is 5.32 Å². The molecule has 1 saturated heterocycles. The lowest BCUT2D eigenvalue weighted by molar-refractivity contribution is -0.192. The second kappa shape index (κ2) is 6.69. The number of carbonyl (C=O) groups is 1. The van der Waals surface area contributed by atoms with Crippen molar-refractivity contribution in [3.05, 3.63) is 35.9 Å². The molecule has 1 saturated carbocycles. The number of benzene rings is 1. The first-order chi connectivity index (χ1) is 10.3. The molecule has 2 N–H and O–H groups in total. The molecule has 1 heterocycles. The number of aliphatic carboxylic acids is 1. The molecule has 0 unspecified atom stereocenters. The summed E-state index contributed by atoms with van der Waals surface area (Å²) in [5, 5.41) is 10.6. The quantitative estimate of drug-likeness (QED) is 0.833. The van der Waals surface area contributed by atoms with Crippen LogP contribution in [0.4, 0.5) is 13.2 Å². The first kappa shape index (κ1) is 16.8. The average molecular weight is 315 g/mol. The molecule has 6 heteroatoms. The first-order valence-corrected chi connectivity index (χ1v) is 7.38. The number of halogens is 3. The van der Waals surface area contributed by atoms with E-state index in [9.17, 15) is 13.2 Å². The molecule has 2 fully saturated rings. The van der Waals surface area contributed by atoms with E-state index in [-0.39, 0.29) is 0 Å². The van der Waals surface area contributed by atoms with Gasteiger partial charge in [-0.1, -0.05) is 30.3 Å². The number of carboxylic acids is 1. The van der Waals surface area contributed by atoms with Crippen LogP contribution in [0.1, 0.15) is 37.2 Å². The summed E-state index contributed by atoms with van der Waals surface area (Å²) in [5.41, 5.74) is 2.25. The summed E-state index contributed by atoms with van der Waals surface area (Å²) in [5.74, 6) is -1.93. The molecule has 0 bridgehead atoms. The van der Waals surface area contributed by atoms with Crippen LogP contribution in [-0.4, -0.2) is 30.3 Å². The van der Waals surface area contributed by atoms with Gasteiger partial charge in [0.2, 0.25) is 0 Å². The van der Waals surface area contributed by atoms with Crippen LogP contribution in [-0.2, 0) is 4.79 Å². The van der Waals surface area contributed by atoms with Crippen LogP contribution in [0.25, 0.3) is 0 Å². The summed E-state index contributed by atoms with van der Waals surface area (Å²) in [6.07, 6.45) is 0.566. The molecule has 0 amide bonds. The van der Waals surface area contributed by atoms with Crippen LogP contribution >= 0.6 is 0 Å².